The number of hydrogen-bond donors (Lipinski definition) is 1. The molecule has 2 saturated heterocycles. The number of aliphatic carboxylic acids is 1. The van der Waals surface area contributed by atoms with Gasteiger partial charge in [-0.1, -0.05) is 18.2 Å². The van der Waals surface area contributed by atoms with Crippen LogP contribution in [0, 0.1) is 11.8 Å². The molecule has 7 heteroatoms. The van der Waals surface area contributed by atoms with E-state index in [2.05, 4.69) is 0 Å². The molecule has 4 heterocycles. The molecule has 2 fully saturated rings. The predicted molar refractivity (Wildman–Crippen MR) is 79.3 cm³/mol. The molecule has 1 aromatic carbocycles. The molecule has 0 aliphatic carbocycles. The lowest BCUT2D eigenvalue weighted by Gasteiger charge is -2.21. The lowest BCUT2D eigenvalue weighted by atomic mass is 9.77. The van der Waals surface area contributed by atoms with Crippen molar-refractivity contribution >= 4 is 11.9 Å². The Kier molecular flexibility index (Phi) is 2.60. The predicted octanol–water partition coefficient (Wildman–Crippen LogP) is 0.782. The molecule has 5 rings (SSSR count). The maximum Gasteiger partial charge on any atom is 0.310 e. The molecule has 1 aromatic rings. The zero-order chi connectivity index (χ0) is 16.5. The Morgan fingerprint density at radius 1 is 1.33 bits per heavy atom. The highest BCUT2D eigenvalue weighted by Crippen LogP contribution is 2.52. The van der Waals surface area contributed by atoms with E-state index in [-0.39, 0.29) is 12.7 Å². The summed E-state index contributed by atoms with van der Waals surface area (Å²) >= 11 is 0. The fourth-order valence-corrected chi connectivity index (χ4v) is 4.25. The van der Waals surface area contributed by atoms with E-state index in [9.17, 15) is 14.7 Å². The lowest BCUT2D eigenvalue weighted by molar-refractivity contribution is -0.148. The van der Waals surface area contributed by atoms with Crippen LogP contribution in [0.15, 0.2) is 30.4 Å². The maximum absolute atomic E-state index is 12.8. The quantitative estimate of drug-likeness (QED) is 0.825. The number of rotatable bonds is 3. The SMILES string of the molecule is O=C(O)[C@H]1[C@H]2C(=O)N(Cc3ccc4c(c3)OCO4)C[C@@]23C=C[C@H]1O3. The van der Waals surface area contributed by atoms with Crippen LogP contribution in [-0.2, 0) is 20.9 Å². The zero-order valence-corrected chi connectivity index (χ0v) is 12.7. The van der Waals surface area contributed by atoms with Crippen LogP contribution in [0.1, 0.15) is 5.56 Å². The molecule has 1 amide bonds. The first-order chi connectivity index (χ1) is 11.6. The highest BCUT2D eigenvalue weighted by Gasteiger charge is 2.66. The number of benzene rings is 1. The second-order valence-electron chi connectivity index (χ2n) is 6.62. The van der Waals surface area contributed by atoms with Gasteiger partial charge in [-0.25, -0.2) is 0 Å². The smallest absolute Gasteiger partial charge is 0.310 e. The Morgan fingerprint density at radius 2 is 2.17 bits per heavy atom. The van der Waals surface area contributed by atoms with Crippen molar-refractivity contribution in [3.8, 4) is 11.5 Å². The highest BCUT2D eigenvalue weighted by atomic mass is 16.7. The molecular weight excluding hydrogens is 314 g/mol. The average molecular weight is 329 g/mol. The molecule has 4 aliphatic heterocycles. The number of amides is 1. The normalized spacial score (nSPS) is 34.9. The van der Waals surface area contributed by atoms with Gasteiger partial charge in [0.05, 0.1) is 18.6 Å². The van der Waals surface area contributed by atoms with Crippen molar-refractivity contribution in [1.29, 1.82) is 0 Å². The van der Waals surface area contributed by atoms with Crippen LogP contribution in [0.3, 0.4) is 0 Å². The van der Waals surface area contributed by atoms with Crippen LogP contribution >= 0.6 is 0 Å². The molecule has 2 bridgehead atoms. The van der Waals surface area contributed by atoms with Crippen molar-refractivity contribution in [3.63, 3.8) is 0 Å². The summed E-state index contributed by atoms with van der Waals surface area (Å²) in [6, 6.07) is 5.55. The summed E-state index contributed by atoms with van der Waals surface area (Å²) in [6.45, 7) is 0.969. The number of nitrogens with zero attached hydrogens (tertiary/aromatic N) is 1. The minimum Gasteiger partial charge on any atom is -0.481 e. The van der Waals surface area contributed by atoms with Gasteiger partial charge in [-0.15, -0.1) is 0 Å². The van der Waals surface area contributed by atoms with Gasteiger partial charge in [0.25, 0.3) is 0 Å². The number of carboxylic acid groups (broad SMARTS) is 1. The van der Waals surface area contributed by atoms with Gasteiger partial charge in [0.1, 0.15) is 11.5 Å². The van der Waals surface area contributed by atoms with E-state index in [0.29, 0.717) is 24.6 Å². The third kappa shape index (κ3) is 1.70. The van der Waals surface area contributed by atoms with Crippen molar-refractivity contribution in [2.75, 3.05) is 13.3 Å². The maximum atomic E-state index is 12.8. The van der Waals surface area contributed by atoms with E-state index < -0.39 is 29.5 Å². The minimum absolute atomic E-state index is 0.160. The molecule has 24 heavy (non-hydrogen) atoms. The number of carbonyl (C=O) groups is 2. The van der Waals surface area contributed by atoms with Crippen molar-refractivity contribution in [2.24, 2.45) is 11.8 Å². The topological polar surface area (TPSA) is 85.3 Å². The number of hydrogen-bond acceptors (Lipinski definition) is 5. The number of likely N-dealkylation sites (tertiary alicyclic amines) is 1. The van der Waals surface area contributed by atoms with Crippen LogP contribution in [0.25, 0.3) is 0 Å². The lowest BCUT2D eigenvalue weighted by Crippen LogP contribution is -2.39. The monoisotopic (exact) mass is 329 g/mol. The van der Waals surface area contributed by atoms with Gasteiger partial charge in [-0.2, -0.15) is 0 Å². The van der Waals surface area contributed by atoms with Gasteiger partial charge in [0, 0.05) is 6.54 Å². The van der Waals surface area contributed by atoms with Crippen LogP contribution in [-0.4, -0.2) is 46.9 Å². The molecular formula is C17H15NO6. The molecule has 0 aromatic heterocycles. The van der Waals surface area contributed by atoms with E-state index in [1.807, 2.05) is 24.3 Å². The molecule has 1 spiro atoms. The Labute approximate surface area is 137 Å². The molecule has 7 nitrogen and oxygen atoms in total. The number of carbonyl (C=O) groups excluding carboxylic acids is 1. The van der Waals surface area contributed by atoms with Gasteiger partial charge < -0.3 is 24.2 Å². The fraction of sp³-hybridized carbons (Fsp3) is 0.412. The summed E-state index contributed by atoms with van der Waals surface area (Å²) in [4.78, 5) is 26.0. The van der Waals surface area contributed by atoms with Gasteiger partial charge >= 0.3 is 5.97 Å². The van der Waals surface area contributed by atoms with E-state index in [1.54, 1.807) is 11.0 Å². The third-order valence-electron chi connectivity index (χ3n) is 5.27. The summed E-state index contributed by atoms with van der Waals surface area (Å²) in [6.07, 6.45) is 3.13. The second kappa shape index (κ2) is 4.51. The van der Waals surface area contributed by atoms with Crippen LogP contribution < -0.4 is 9.47 Å². The Bertz CT molecular complexity index is 789. The van der Waals surface area contributed by atoms with Crippen molar-refractivity contribution < 1.29 is 28.9 Å². The van der Waals surface area contributed by atoms with Gasteiger partial charge in [-0.3, -0.25) is 9.59 Å². The van der Waals surface area contributed by atoms with Gasteiger partial charge in [0.2, 0.25) is 12.7 Å². The Balaban J connectivity index is 1.42. The Hall–Kier alpha value is -2.54. The molecule has 4 aliphatic rings. The van der Waals surface area contributed by atoms with Crippen molar-refractivity contribution in [2.45, 2.75) is 18.2 Å². The standard InChI is InChI=1S/C17H15NO6/c19-15-14-13(16(20)21)11-3-4-17(14,24-11)7-18(15)6-9-1-2-10-12(5-9)23-8-22-10/h1-5,11,13-14H,6-8H2,(H,20,21)/t11-,13-,14+,17+/m1/s1. The molecule has 0 saturated carbocycles. The second-order valence-corrected chi connectivity index (χ2v) is 6.62. The molecule has 0 radical (unpaired) electrons. The molecule has 1 N–H and O–H groups in total. The van der Waals surface area contributed by atoms with E-state index >= 15 is 0 Å². The molecule has 124 valence electrons. The summed E-state index contributed by atoms with van der Waals surface area (Å²) in [5.74, 6) is -1.22. The van der Waals surface area contributed by atoms with E-state index in [0.717, 1.165) is 5.56 Å². The molecule has 4 atom stereocenters. The summed E-state index contributed by atoms with van der Waals surface area (Å²) in [5.41, 5.74) is 0.121. The fourth-order valence-electron chi connectivity index (χ4n) is 4.25. The van der Waals surface area contributed by atoms with Crippen molar-refractivity contribution in [3.05, 3.63) is 35.9 Å². The summed E-state index contributed by atoms with van der Waals surface area (Å²) < 4.78 is 16.5. The van der Waals surface area contributed by atoms with Crippen LogP contribution in [0.2, 0.25) is 0 Å². The van der Waals surface area contributed by atoms with Crippen LogP contribution in [0.4, 0.5) is 0 Å². The zero-order valence-electron chi connectivity index (χ0n) is 12.7. The van der Waals surface area contributed by atoms with Gasteiger partial charge in [0.15, 0.2) is 11.5 Å². The summed E-state index contributed by atoms with van der Waals surface area (Å²) in [5, 5.41) is 9.46. The van der Waals surface area contributed by atoms with Crippen LogP contribution in [0.5, 0.6) is 11.5 Å². The van der Waals surface area contributed by atoms with E-state index in [1.165, 1.54) is 0 Å². The highest BCUT2D eigenvalue weighted by molar-refractivity contribution is 5.90. The Morgan fingerprint density at radius 3 is 3.00 bits per heavy atom. The first-order valence-electron chi connectivity index (χ1n) is 7.85. The van der Waals surface area contributed by atoms with E-state index in [4.69, 9.17) is 14.2 Å². The minimum atomic E-state index is -0.977. The number of ether oxygens (including phenoxy) is 3. The number of carboxylic acids is 1. The molecule has 0 unspecified atom stereocenters. The third-order valence-corrected chi connectivity index (χ3v) is 5.27. The summed E-state index contributed by atoms with van der Waals surface area (Å²) in [7, 11) is 0. The number of fused-ring (bicyclic) bond motifs is 2. The van der Waals surface area contributed by atoms with Crippen molar-refractivity contribution in [1.82, 2.24) is 4.90 Å². The van der Waals surface area contributed by atoms with Gasteiger partial charge in [-0.05, 0) is 17.7 Å². The average Bonchev–Trinajstić information content (AvgIpc) is 3.28. The first kappa shape index (κ1) is 13.9. The first-order valence-corrected chi connectivity index (χ1v) is 7.85. The largest absolute Gasteiger partial charge is 0.481 e.